The van der Waals surface area contributed by atoms with Gasteiger partial charge in [-0.05, 0) is 27.7 Å². The van der Waals surface area contributed by atoms with Crippen LogP contribution in [0.3, 0.4) is 0 Å². The van der Waals surface area contributed by atoms with E-state index in [9.17, 15) is 8.42 Å². The van der Waals surface area contributed by atoms with Crippen LogP contribution in [0, 0.1) is 0 Å². The lowest BCUT2D eigenvalue weighted by Gasteiger charge is -2.41. The lowest BCUT2D eigenvalue weighted by molar-refractivity contribution is 0.288. The van der Waals surface area contributed by atoms with Gasteiger partial charge in [-0.2, -0.15) is 0 Å². The van der Waals surface area contributed by atoms with Gasteiger partial charge in [0.05, 0.1) is 11.5 Å². The molecule has 0 saturated carbocycles. The first-order valence-corrected chi connectivity index (χ1v) is 5.94. The van der Waals surface area contributed by atoms with Crippen LogP contribution in [0.2, 0.25) is 0 Å². The first-order chi connectivity index (χ1) is 5.12. The van der Waals surface area contributed by atoms with Crippen LogP contribution < -0.4 is 5.32 Å². The molecule has 1 rings (SSSR count). The van der Waals surface area contributed by atoms with Crippen molar-refractivity contribution in [2.45, 2.75) is 38.8 Å². The fourth-order valence-electron chi connectivity index (χ4n) is 2.14. The Morgan fingerprint density at radius 2 is 1.33 bits per heavy atom. The third-order valence-corrected chi connectivity index (χ3v) is 4.16. The number of hydrogen-bond acceptors (Lipinski definition) is 3. The summed E-state index contributed by atoms with van der Waals surface area (Å²) in [7, 11) is -2.86. The molecule has 0 spiro atoms. The molecule has 0 bridgehead atoms. The standard InChI is InChI=1S/C8H17NO2S/c1-7(2)5-12(10,11)6-8(3,4)9-7/h9H,5-6H2,1-4H3. The van der Waals surface area contributed by atoms with Gasteiger partial charge in [0.2, 0.25) is 0 Å². The van der Waals surface area contributed by atoms with Crippen molar-refractivity contribution < 1.29 is 8.42 Å². The number of nitrogens with one attached hydrogen (secondary N) is 1. The van der Waals surface area contributed by atoms with E-state index in [2.05, 4.69) is 5.32 Å². The van der Waals surface area contributed by atoms with E-state index in [1.54, 1.807) is 0 Å². The van der Waals surface area contributed by atoms with Crippen LogP contribution in [0.15, 0.2) is 0 Å². The predicted molar refractivity (Wildman–Crippen MR) is 49.9 cm³/mol. The second kappa shape index (κ2) is 2.45. The van der Waals surface area contributed by atoms with Gasteiger partial charge in [-0.3, -0.25) is 0 Å². The van der Waals surface area contributed by atoms with E-state index in [-0.39, 0.29) is 22.6 Å². The maximum atomic E-state index is 11.4. The third-order valence-electron chi connectivity index (χ3n) is 1.84. The first kappa shape index (κ1) is 9.99. The molecule has 72 valence electrons. The molecular weight excluding hydrogens is 174 g/mol. The summed E-state index contributed by atoms with van der Waals surface area (Å²) in [6.45, 7) is 7.69. The van der Waals surface area contributed by atoms with Gasteiger partial charge >= 0.3 is 0 Å². The molecule has 0 radical (unpaired) electrons. The lowest BCUT2D eigenvalue weighted by atomic mass is 10.00. The topological polar surface area (TPSA) is 46.2 Å². The number of hydrogen-bond donors (Lipinski definition) is 1. The molecule has 4 heteroatoms. The van der Waals surface area contributed by atoms with E-state index in [0.717, 1.165) is 0 Å². The van der Waals surface area contributed by atoms with E-state index >= 15 is 0 Å². The maximum absolute atomic E-state index is 11.4. The molecule has 3 nitrogen and oxygen atoms in total. The van der Waals surface area contributed by atoms with Crippen LogP contribution in [-0.2, 0) is 9.84 Å². The Hall–Kier alpha value is -0.0900. The molecule has 0 atom stereocenters. The Balaban J connectivity index is 2.96. The van der Waals surface area contributed by atoms with E-state index in [1.807, 2.05) is 27.7 Å². The van der Waals surface area contributed by atoms with E-state index in [0.29, 0.717) is 0 Å². The molecule has 0 aromatic carbocycles. The molecule has 1 aliphatic rings. The van der Waals surface area contributed by atoms with Gasteiger partial charge in [-0.25, -0.2) is 8.42 Å². The Bertz CT molecular complexity index is 255. The molecule has 1 aliphatic heterocycles. The highest BCUT2D eigenvalue weighted by Gasteiger charge is 2.40. The van der Waals surface area contributed by atoms with Crippen LogP contribution >= 0.6 is 0 Å². The quantitative estimate of drug-likeness (QED) is 0.608. The van der Waals surface area contributed by atoms with Gasteiger partial charge in [0.15, 0.2) is 9.84 Å². The van der Waals surface area contributed by atoms with Crippen LogP contribution in [0.4, 0.5) is 0 Å². The summed E-state index contributed by atoms with van der Waals surface area (Å²) >= 11 is 0. The Kier molecular flexibility index (Phi) is 2.04. The van der Waals surface area contributed by atoms with Crippen LogP contribution in [0.5, 0.6) is 0 Å². The zero-order valence-corrected chi connectivity index (χ0v) is 8.96. The normalized spacial score (nSPS) is 31.3. The smallest absolute Gasteiger partial charge is 0.153 e. The zero-order chi connectivity index (χ0) is 9.62. The van der Waals surface area contributed by atoms with Crippen LogP contribution in [-0.4, -0.2) is 31.0 Å². The fraction of sp³-hybridized carbons (Fsp3) is 1.00. The van der Waals surface area contributed by atoms with Crippen molar-refractivity contribution in [2.24, 2.45) is 0 Å². The molecule has 0 aromatic rings. The molecule has 0 amide bonds. The van der Waals surface area contributed by atoms with Gasteiger partial charge in [0.1, 0.15) is 0 Å². The highest BCUT2D eigenvalue weighted by atomic mass is 32.2. The monoisotopic (exact) mass is 191 g/mol. The Morgan fingerprint density at radius 3 is 1.58 bits per heavy atom. The van der Waals surface area contributed by atoms with Gasteiger partial charge in [-0.1, -0.05) is 0 Å². The van der Waals surface area contributed by atoms with Crippen molar-refractivity contribution >= 4 is 9.84 Å². The minimum atomic E-state index is -2.86. The second-order valence-electron chi connectivity index (χ2n) is 4.93. The molecule has 1 saturated heterocycles. The number of rotatable bonds is 0. The van der Waals surface area contributed by atoms with Crippen LogP contribution in [0.25, 0.3) is 0 Å². The average Bonchev–Trinajstić information content (AvgIpc) is 1.44. The Morgan fingerprint density at radius 1 is 1.00 bits per heavy atom. The summed E-state index contributed by atoms with van der Waals surface area (Å²) < 4.78 is 22.9. The summed E-state index contributed by atoms with van der Waals surface area (Å²) in [5, 5.41) is 3.31. The van der Waals surface area contributed by atoms with Gasteiger partial charge in [0, 0.05) is 11.1 Å². The highest BCUT2D eigenvalue weighted by molar-refractivity contribution is 7.91. The average molecular weight is 191 g/mol. The molecule has 0 aromatic heterocycles. The molecule has 0 aliphatic carbocycles. The van der Waals surface area contributed by atoms with Crippen LogP contribution in [0.1, 0.15) is 27.7 Å². The highest BCUT2D eigenvalue weighted by Crippen LogP contribution is 2.22. The molecular formula is C8H17NO2S. The number of sulfone groups is 1. The predicted octanol–water partition coefficient (Wildman–Crippen LogP) is 0.562. The van der Waals surface area contributed by atoms with Gasteiger partial charge in [-0.15, -0.1) is 0 Å². The molecule has 0 unspecified atom stereocenters. The third kappa shape index (κ3) is 2.45. The van der Waals surface area contributed by atoms with Crippen molar-refractivity contribution in [1.82, 2.24) is 5.32 Å². The summed E-state index contributed by atoms with van der Waals surface area (Å²) in [6, 6.07) is 0. The van der Waals surface area contributed by atoms with Crippen molar-refractivity contribution in [1.29, 1.82) is 0 Å². The SMILES string of the molecule is CC1(C)CS(=O)(=O)CC(C)(C)N1. The molecule has 1 N–H and O–H groups in total. The second-order valence-corrected chi connectivity index (χ2v) is 6.99. The minimum Gasteiger partial charge on any atom is -0.305 e. The maximum Gasteiger partial charge on any atom is 0.153 e. The lowest BCUT2D eigenvalue weighted by Crippen LogP contribution is -2.63. The van der Waals surface area contributed by atoms with E-state index in [1.165, 1.54) is 0 Å². The fourth-order valence-corrected chi connectivity index (χ4v) is 4.58. The Labute approximate surface area is 74.5 Å². The van der Waals surface area contributed by atoms with Crippen molar-refractivity contribution in [2.75, 3.05) is 11.5 Å². The van der Waals surface area contributed by atoms with Gasteiger partial charge in [0.25, 0.3) is 0 Å². The first-order valence-electron chi connectivity index (χ1n) is 4.12. The minimum absolute atomic E-state index is 0.240. The summed E-state index contributed by atoms with van der Waals surface area (Å²) in [4.78, 5) is 0. The zero-order valence-electron chi connectivity index (χ0n) is 8.14. The van der Waals surface area contributed by atoms with E-state index < -0.39 is 9.84 Å². The van der Waals surface area contributed by atoms with Crippen molar-refractivity contribution in [3.8, 4) is 0 Å². The van der Waals surface area contributed by atoms with Crippen molar-refractivity contribution in [3.63, 3.8) is 0 Å². The largest absolute Gasteiger partial charge is 0.305 e. The summed E-state index contributed by atoms with van der Waals surface area (Å²) in [6.07, 6.45) is 0. The van der Waals surface area contributed by atoms with E-state index in [4.69, 9.17) is 0 Å². The molecule has 1 heterocycles. The summed E-state index contributed by atoms with van der Waals surface area (Å²) in [5.41, 5.74) is -0.582. The molecule has 1 fully saturated rings. The van der Waals surface area contributed by atoms with Gasteiger partial charge < -0.3 is 5.32 Å². The summed E-state index contributed by atoms with van der Waals surface area (Å²) in [5.74, 6) is 0.479. The van der Waals surface area contributed by atoms with Crippen molar-refractivity contribution in [3.05, 3.63) is 0 Å². The molecule has 12 heavy (non-hydrogen) atoms.